The summed E-state index contributed by atoms with van der Waals surface area (Å²) in [4.78, 5) is 17.4. The molecule has 3 rings (SSSR count). The Morgan fingerprint density at radius 3 is 2.43 bits per heavy atom. The van der Waals surface area contributed by atoms with Crippen LogP contribution in [0.5, 0.6) is 0 Å². The Hall–Kier alpha value is -2.46. The van der Waals surface area contributed by atoms with E-state index in [1.807, 2.05) is 60.7 Å². The highest BCUT2D eigenvalue weighted by atomic mass is 79.9. The molecule has 0 atom stereocenters. The monoisotopic (exact) mass is 367 g/mol. The zero-order valence-corrected chi connectivity index (χ0v) is 14.1. The van der Waals surface area contributed by atoms with Crippen molar-refractivity contribution in [3.8, 4) is 0 Å². The lowest BCUT2D eigenvalue weighted by atomic mass is 10.1. The first-order chi connectivity index (χ1) is 11.1. The van der Waals surface area contributed by atoms with Gasteiger partial charge in [-0.25, -0.2) is 4.79 Å². The van der Waals surface area contributed by atoms with Gasteiger partial charge in [-0.1, -0.05) is 69.6 Å². The van der Waals surface area contributed by atoms with Crippen molar-refractivity contribution in [3.63, 3.8) is 0 Å². The van der Waals surface area contributed by atoms with Crippen molar-refractivity contribution in [1.82, 2.24) is 0 Å². The van der Waals surface area contributed by atoms with Crippen LogP contribution in [0.25, 0.3) is 10.8 Å². The lowest BCUT2D eigenvalue weighted by Crippen LogP contribution is -2.04. The summed E-state index contributed by atoms with van der Waals surface area (Å²) in [6, 6.07) is 20.9. The average molecular weight is 368 g/mol. The fraction of sp³-hybridized carbons (Fsp3) is 0.0526. The number of fused-ring (bicyclic) bond motifs is 1. The molecular formula is C19H14BrNO2. The minimum Gasteiger partial charge on any atom is -0.313 e. The molecule has 3 aromatic rings. The van der Waals surface area contributed by atoms with Crippen molar-refractivity contribution in [2.45, 2.75) is 6.92 Å². The first-order valence-corrected chi connectivity index (χ1v) is 7.94. The number of oxime groups is 1. The topological polar surface area (TPSA) is 38.7 Å². The molecule has 0 heterocycles. The number of nitrogens with zero attached hydrogens (tertiary/aromatic N) is 1. The molecule has 0 fully saturated rings. The Bertz CT molecular complexity index is 880. The number of hydrogen-bond donors (Lipinski definition) is 0. The Morgan fingerprint density at radius 1 is 0.957 bits per heavy atom. The third kappa shape index (κ3) is 3.48. The summed E-state index contributed by atoms with van der Waals surface area (Å²) >= 11 is 3.39. The summed E-state index contributed by atoms with van der Waals surface area (Å²) in [7, 11) is 0. The molecule has 0 bridgehead atoms. The summed E-state index contributed by atoms with van der Waals surface area (Å²) in [5.74, 6) is -0.460. The van der Waals surface area contributed by atoms with Gasteiger partial charge in [0.05, 0.1) is 11.3 Å². The van der Waals surface area contributed by atoms with Crippen LogP contribution in [0.15, 0.2) is 76.4 Å². The number of hydrogen-bond acceptors (Lipinski definition) is 3. The number of carbonyl (C=O) groups is 1. The zero-order valence-electron chi connectivity index (χ0n) is 12.5. The molecule has 3 aromatic carbocycles. The molecule has 0 saturated carbocycles. The molecule has 0 spiro atoms. The average Bonchev–Trinajstić information content (AvgIpc) is 2.59. The van der Waals surface area contributed by atoms with Crippen molar-refractivity contribution in [2.24, 2.45) is 5.16 Å². The lowest BCUT2D eigenvalue weighted by molar-refractivity contribution is 0.0519. The van der Waals surface area contributed by atoms with E-state index in [9.17, 15) is 4.79 Å². The molecular weight excluding hydrogens is 354 g/mol. The van der Waals surface area contributed by atoms with E-state index in [1.165, 1.54) is 0 Å². The van der Waals surface area contributed by atoms with Crippen molar-refractivity contribution in [1.29, 1.82) is 0 Å². The van der Waals surface area contributed by atoms with Crippen LogP contribution in [0.4, 0.5) is 0 Å². The Balaban J connectivity index is 1.83. The smallest absolute Gasteiger partial charge is 0.313 e. The number of rotatable bonds is 3. The van der Waals surface area contributed by atoms with E-state index in [1.54, 1.807) is 13.0 Å². The molecule has 0 radical (unpaired) electrons. The fourth-order valence-corrected chi connectivity index (χ4v) is 2.57. The van der Waals surface area contributed by atoms with Gasteiger partial charge >= 0.3 is 5.97 Å². The minimum absolute atomic E-state index is 0.460. The maximum absolute atomic E-state index is 12.3. The predicted octanol–water partition coefficient (Wildman–Crippen LogP) is 5.18. The highest BCUT2D eigenvalue weighted by molar-refractivity contribution is 9.10. The van der Waals surface area contributed by atoms with E-state index in [0.29, 0.717) is 11.3 Å². The lowest BCUT2D eigenvalue weighted by Gasteiger charge is -2.05. The van der Waals surface area contributed by atoms with E-state index in [0.717, 1.165) is 20.8 Å². The second kappa shape index (κ2) is 6.75. The van der Waals surface area contributed by atoms with Gasteiger partial charge in [0.1, 0.15) is 0 Å². The number of halogens is 1. The standard InChI is InChI=1S/C19H14BrNO2/c1-13(14-9-11-16(20)12-10-14)21-23-19(22)18-8-4-6-15-5-2-3-7-17(15)18/h2-12H,1H3/b21-13-. The molecule has 0 aliphatic heterocycles. The van der Waals surface area contributed by atoms with Gasteiger partial charge in [-0.15, -0.1) is 0 Å². The summed E-state index contributed by atoms with van der Waals surface area (Å²) in [5.41, 5.74) is 2.06. The van der Waals surface area contributed by atoms with E-state index in [-0.39, 0.29) is 0 Å². The molecule has 0 aliphatic rings. The van der Waals surface area contributed by atoms with Crippen LogP contribution >= 0.6 is 15.9 Å². The maximum Gasteiger partial charge on any atom is 0.366 e. The van der Waals surface area contributed by atoms with Crippen molar-refractivity contribution in [2.75, 3.05) is 0 Å². The Morgan fingerprint density at radius 2 is 1.65 bits per heavy atom. The van der Waals surface area contributed by atoms with Crippen LogP contribution in [0.3, 0.4) is 0 Å². The molecule has 23 heavy (non-hydrogen) atoms. The molecule has 3 nitrogen and oxygen atoms in total. The van der Waals surface area contributed by atoms with Crippen molar-refractivity contribution in [3.05, 3.63) is 82.3 Å². The van der Waals surface area contributed by atoms with Gasteiger partial charge in [-0.05, 0) is 41.5 Å². The van der Waals surface area contributed by atoms with Crippen LogP contribution in [0, 0.1) is 0 Å². The summed E-state index contributed by atoms with van der Waals surface area (Å²) < 4.78 is 0.988. The molecule has 0 aliphatic carbocycles. The SMILES string of the molecule is C/C(=N/OC(=O)c1cccc2ccccc12)c1ccc(Br)cc1. The largest absolute Gasteiger partial charge is 0.366 e. The normalized spacial score (nSPS) is 11.5. The minimum atomic E-state index is -0.460. The molecule has 4 heteroatoms. The first kappa shape index (κ1) is 15.4. The van der Waals surface area contributed by atoms with E-state index < -0.39 is 5.97 Å². The van der Waals surface area contributed by atoms with Crippen LogP contribution in [-0.4, -0.2) is 11.7 Å². The van der Waals surface area contributed by atoms with Crippen LogP contribution in [0.2, 0.25) is 0 Å². The summed E-state index contributed by atoms with van der Waals surface area (Å²) in [6.45, 7) is 1.81. The van der Waals surface area contributed by atoms with Gasteiger partial charge in [0.2, 0.25) is 0 Å². The van der Waals surface area contributed by atoms with Gasteiger partial charge in [-0.3, -0.25) is 0 Å². The van der Waals surface area contributed by atoms with Gasteiger partial charge in [-0.2, -0.15) is 0 Å². The van der Waals surface area contributed by atoms with Gasteiger partial charge in [0.25, 0.3) is 0 Å². The summed E-state index contributed by atoms with van der Waals surface area (Å²) in [6.07, 6.45) is 0. The highest BCUT2D eigenvalue weighted by Crippen LogP contribution is 2.19. The summed E-state index contributed by atoms with van der Waals surface area (Å²) in [5, 5.41) is 5.81. The van der Waals surface area contributed by atoms with Gasteiger partial charge < -0.3 is 4.84 Å². The third-order valence-electron chi connectivity index (χ3n) is 3.54. The molecule has 0 unspecified atom stereocenters. The van der Waals surface area contributed by atoms with Crippen molar-refractivity contribution >= 4 is 38.4 Å². The van der Waals surface area contributed by atoms with Crippen LogP contribution < -0.4 is 0 Å². The number of benzene rings is 3. The fourth-order valence-electron chi connectivity index (χ4n) is 2.31. The molecule has 0 N–H and O–H groups in total. The quantitative estimate of drug-likeness (QED) is 0.363. The predicted molar refractivity (Wildman–Crippen MR) is 95.7 cm³/mol. The second-order valence-corrected chi connectivity index (χ2v) is 6.00. The third-order valence-corrected chi connectivity index (χ3v) is 4.07. The van der Waals surface area contributed by atoms with Crippen LogP contribution in [0.1, 0.15) is 22.8 Å². The molecule has 0 amide bonds. The van der Waals surface area contributed by atoms with Gasteiger partial charge in [0, 0.05) is 4.47 Å². The highest BCUT2D eigenvalue weighted by Gasteiger charge is 2.11. The van der Waals surface area contributed by atoms with Crippen LogP contribution in [-0.2, 0) is 4.84 Å². The van der Waals surface area contributed by atoms with Gasteiger partial charge in [0.15, 0.2) is 0 Å². The van der Waals surface area contributed by atoms with Crippen molar-refractivity contribution < 1.29 is 9.63 Å². The second-order valence-electron chi connectivity index (χ2n) is 5.09. The maximum atomic E-state index is 12.3. The number of carbonyl (C=O) groups excluding carboxylic acids is 1. The first-order valence-electron chi connectivity index (χ1n) is 7.15. The Labute approximate surface area is 142 Å². The molecule has 114 valence electrons. The van der Waals surface area contributed by atoms with E-state index in [4.69, 9.17) is 4.84 Å². The van der Waals surface area contributed by atoms with E-state index in [2.05, 4.69) is 21.1 Å². The van der Waals surface area contributed by atoms with E-state index >= 15 is 0 Å². The zero-order chi connectivity index (χ0) is 16.2. The molecule has 0 aromatic heterocycles. The Kier molecular flexibility index (Phi) is 4.53. The molecule has 0 saturated heterocycles.